The lowest BCUT2D eigenvalue weighted by molar-refractivity contribution is -0.400. The van der Waals surface area contributed by atoms with Crippen LogP contribution in [0.2, 0.25) is 0 Å². The van der Waals surface area contributed by atoms with E-state index in [4.69, 9.17) is 4.74 Å². The second-order valence-electron chi connectivity index (χ2n) is 3.48. The Hall–Kier alpha value is -1.84. The van der Waals surface area contributed by atoms with Crippen molar-refractivity contribution in [2.45, 2.75) is 26.4 Å². The fourth-order valence-electron chi connectivity index (χ4n) is 1.17. The molecular weight excluding hydrogens is 206 g/mol. The van der Waals surface area contributed by atoms with E-state index in [9.17, 15) is 10.1 Å². The molecule has 16 heavy (non-hydrogen) atoms. The van der Waals surface area contributed by atoms with Gasteiger partial charge in [0, 0.05) is 11.6 Å². The average Bonchev–Trinajstić information content (AvgIpc) is 2.27. The van der Waals surface area contributed by atoms with Gasteiger partial charge in [-0.1, -0.05) is 25.1 Å². The van der Waals surface area contributed by atoms with Crippen molar-refractivity contribution < 1.29 is 9.66 Å². The molecule has 0 aliphatic rings. The Morgan fingerprint density at radius 1 is 1.50 bits per heavy atom. The first kappa shape index (κ1) is 12.2. The molecule has 0 aliphatic heterocycles. The maximum atomic E-state index is 10.2. The van der Waals surface area contributed by atoms with Gasteiger partial charge in [0.15, 0.2) is 0 Å². The Labute approximate surface area is 94.7 Å². The second-order valence-corrected chi connectivity index (χ2v) is 3.48. The van der Waals surface area contributed by atoms with Gasteiger partial charge in [0.05, 0.1) is 11.0 Å². The largest absolute Gasteiger partial charge is 0.490 e. The summed E-state index contributed by atoms with van der Waals surface area (Å²) in [4.78, 5) is 9.75. The van der Waals surface area contributed by atoms with Crippen molar-refractivity contribution in [2.75, 3.05) is 0 Å². The van der Waals surface area contributed by atoms with Crippen LogP contribution in [-0.2, 0) is 0 Å². The van der Waals surface area contributed by atoms with Crippen LogP contribution in [0.3, 0.4) is 0 Å². The average molecular weight is 221 g/mol. The van der Waals surface area contributed by atoms with Gasteiger partial charge in [-0.05, 0) is 19.4 Å². The summed E-state index contributed by atoms with van der Waals surface area (Å²) in [5.41, 5.74) is 0.722. The molecule has 1 rings (SSSR count). The fraction of sp³-hybridized carbons (Fsp3) is 0.333. The SMILES string of the molecule is CC[C@@H](C)Oc1ccccc1/C=C/[N+](=O)[O-]. The molecule has 0 bridgehead atoms. The minimum Gasteiger partial charge on any atom is -0.490 e. The quantitative estimate of drug-likeness (QED) is 0.567. The summed E-state index contributed by atoms with van der Waals surface area (Å²) < 4.78 is 5.65. The summed E-state index contributed by atoms with van der Waals surface area (Å²) in [7, 11) is 0. The number of hydrogen-bond acceptors (Lipinski definition) is 3. The Morgan fingerprint density at radius 2 is 2.19 bits per heavy atom. The highest BCUT2D eigenvalue weighted by Crippen LogP contribution is 2.21. The lowest BCUT2D eigenvalue weighted by atomic mass is 10.2. The minimum atomic E-state index is -0.486. The fourth-order valence-corrected chi connectivity index (χ4v) is 1.17. The first-order valence-corrected chi connectivity index (χ1v) is 5.21. The molecule has 0 saturated heterocycles. The molecule has 0 fully saturated rings. The smallest absolute Gasteiger partial charge is 0.235 e. The van der Waals surface area contributed by atoms with Crippen molar-refractivity contribution in [3.05, 3.63) is 46.1 Å². The van der Waals surface area contributed by atoms with Crippen LogP contribution >= 0.6 is 0 Å². The van der Waals surface area contributed by atoms with Gasteiger partial charge in [0.25, 0.3) is 0 Å². The maximum absolute atomic E-state index is 10.2. The van der Waals surface area contributed by atoms with E-state index in [1.807, 2.05) is 32.0 Å². The third kappa shape index (κ3) is 3.73. The van der Waals surface area contributed by atoms with E-state index in [2.05, 4.69) is 0 Å². The standard InChI is InChI=1S/C12H15NO3/c1-3-10(2)16-12-7-5-4-6-11(12)8-9-13(14)15/h4-10H,3H2,1-2H3/b9-8+/t10-/m1/s1. The van der Waals surface area contributed by atoms with Gasteiger partial charge in [-0.25, -0.2) is 0 Å². The molecule has 4 nitrogen and oxygen atoms in total. The van der Waals surface area contributed by atoms with Crippen LogP contribution < -0.4 is 4.74 Å². The second kappa shape index (κ2) is 5.90. The van der Waals surface area contributed by atoms with Crippen LogP contribution in [0.4, 0.5) is 0 Å². The third-order valence-corrected chi connectivity index (χ3v) is 2.20. The lowest BCUT2D eigenvalue weighted by Gasteiger charge is -2.14. The number of benzene rings is 1. The van der Waals surface area contributed by atoms with Crippen LogP contribution in [0.25, 0.3) is 6.08 Å². The molecule has 0 amide bonds. The minimum absolute atomic E-state index is 0.102. The first-order valence-electron chi connectivity index (χ1n) is 5.21. The summed E-state index contributed by atoms with van der Waals surface area (Å²) >= 11 is 0. The summed E-state index contributed by atoms with van der Waals surface area (Å²) in [6.45, 7) is 3.99. The van der Waals surface area contributed by atoms with Crippen LogP contribution in [0.5, 0.6) is 5.75 Å². The molecule has 0 heterocycles. The zero-order valence-corrected chi connectivity index (χ0v) is 9.42. The first-order chi connectivity index (χ1) is 7.63. The van der Waals surface area contributed by atoms with Crippen LogP contribution in [0, 0.1) is 10.1 Å². The van der Waals surface area contributed by atoms with E-state index in [1.165, 1.54) is 6.08 Å². The number of nitro groups is 1. The Kier molecular flexibility index (Phi) is 4.51. The zero-order chi connectivity index (χ0) is 12.0. The van der Waals surface area contributed by atoms with Gasteiger partial charge < -0.3 is 4.74 Å². The van der Waals surface area contributed by atoms with Crippen molar-refractivity contribution in [3.8, 4) is 5.75 Å². The highest BCUT2D eigenvalue weighted by molar-refractivity contribution is 5.56. The van der Waals surface area contributed by atoms with Gasteiger partial charge in [0.1, 0.15) is 5.75 Å². The van der Waals surface area contributed by atoms with Gasteiger partial charge in [-0.3, -0.25) is 10.1 Å². The molecule has 1 atom stereocenters. The van der Waals surface area contributed by atoms with Gasteiger partial charge in [0.2, 0.25) is 6.20 Å². The molecular formula is C12H15NO3. The molecule has 1 aromatic rings. The summed E-state index contributed by atoms with van der Waals surface area (Å²) in [6.07, 6.45) is 3.36. The van der Waals surface area contributed by atoms with Crippen molar-refractivity contribution >= 4 is 6.08 Å². The molecule has 1 aromatic carbocycles. The topological polar surface area (TPSA) is 52.4 Å². The van der Waals surface area contributed by atoms with Crippen LogP contribution in [-0.4, -0.2) is 11.0 Å². The van der Waals surface area contributed by atoms with E-state index in [0.717, 1.165) is 18.2 Å². The number of ether oxygens (including phenoxy) is 1. The summed E-state index contributed by atoms with van der Waals surface area (Å²) in [5, 5.41) is 10.2. The molecule has 86 valence electrons. The number of rotatable bonds is 5. The molecule has 0 radical (unpaired) electrons. The van der Waals surface area contributed by atoms with E-state index in [0.29, 0.717) is 5.75 Å². The monoisotopic (exact) mass is 221 g/mol. The third-order valence-electron chi connectivity index (χ3n) is 2.20. The molecule has 0 aliphatic carbocycles. The highest BCUT2D eigenvalue weighted by Gasteiger charge is 2.04. The summed E-state index contributed by atoms with van der Waals surface area (Å²) in [6, 6.07) is 7.27. The Bertz CT molecular complexity index is 388. The normalized spacial score (nSPS) is 12.6. The Balaban J connectivity index is 2.87. The molecule has 0 saturated carbocycles. The summed E-state index contributed by atoms with van der Waals surface area (Å²) in [5.74, 6) is 0.676. The molecule has 0 spiro atoms. The zero-order valence-electron chi connectivity index (χ0n) is 9.42. The van der Waals surface area contributed by atoms with Crippen molar-refractivity contribution in [2.24, 2.45) is 0 Å². The van der Waals surface area contributed by atoms with Gasteiger partial charge in [-0.2, -0.15) is 0 Å². The van der Waals surface area contributed by atoms with Crippen molar-refractivity contribution in [3.63, 3.8) is 0 Å². The van der Waals surface area contributed by atoms with Crippen molar-refractivity contribution in [1.82, 2.24) is 0 Å². The van der Waals surface area contributed by atoms with Gasteiger partial charge >= 0.3 is 0 Å². The lowest BCUT2D eigenvalue weighted by Crippen LogP contribution is -2.10. The highest BCUT2D eigenvalue weighted by atomic mass is 16.6. The molecule has 0 aromatic heterocycles. The van der Waals surface area contributed by atoms with E-state index >= 15 is 0 Å². The number of para-hydroxylation sites is 1. The number of hydrogen-bond donors (Lipinski definition) is 0. The maximum Gasteiger partial charge on any atom is 0.235 e. The van der Waals surface area contributed by atoms with Crippen LogP contribution in [0.15, 0.2) is 30.5 Å². The molecule has 4 heteroatoms. The van der Waals surface area contributed by atoms with E-state index < -0.39 is 4.92 Å². The number of nitrogens with zero attached hydrogens (tertiary/aromatic N) is 1. The van der Waals surface area contributed by atoms with Crippen molar-refractivity contribution in [1.29, 1.82) is 0 Å². The van der Waals surface area contributed by atoms with Gasteiger partial charge in [-0.15, -0.1) is 0 Å². The molecule has 0 N–H and O–H groups in total. The predicted molar refractivity (Wildman–Crippen MR) is 62.9 cm³/mol. The van der Waals surface area contributed by atoms with E-state index in [1.54, 1.807) is 6.07 Å². The molecule has 0 unspecified atom stereocenters. The Morgan fingerprint density at radius 3 is 2.81 bits per heavy atom. The van der Waals surface area contributed by atoms with E-state index in [-0.39, 0.29) is 6.10 Å². The predicted octanol–water partition coefficient (Wildman–Crippen LogP) is 3.11. The van der Waals surface area contributed by atoms with Crippen LogP contribution in [0.1, 0.15) is 25.8 Å².